The number of aromatic nitrogens is 2. The maximum atomic E-state index is 4.48. The number of hydrogen-bond acceptors (Lipinski definition) is 4. The van der Waals surface area contributed by atoms with Gasteiger partial charge in [-0.2, -0.15) is 0 Å². The molecule has 1 atom stereocenters. The second-order valence-electron chi connectivity index (χ2n) is 6.18. The Morgan fingerprint density at radius 1 is 1.32 bits per heavy atom. The van der Waals surface area contributed by atoms with Crippen molar-refractivity contribution in [2.75, 3.05) is 18.0 Å². The largest absolute Gasteiger partial charge is 0.337 e. The minimum absolute atomic E-state index is 0.163. The summed E-state index contributed by atoms with van der Waals surface area (Å²) in [6, 6.07) is 0.507. The molecule has 1 saturated heterocycles. The van der Waals surface area contributed by atoms with Crippen molar-refractivity contribution in [1.29, 1.82) is 0 Å². The monoisotopic (exact) mass is 374 g/mol. The molecule has 2 rings (SSSR count). The number of nitrogens with one attached hydrogen (secondary N) is 1. The van der Waals surface area contributed by atoms with Crippen molar-refractivity contribution < 1.29 is 0 Å². The standard InChI is InChI=1S/C14H23IN4/c1-14(2,3)18-10-12-6-4-5-7-19(12)13-16-8-11(15)9-17-13/h8-9,12,18H,4-7,10H2,1-3H3. The Hall–Kier alpha value is -0.430. The summed E-state index contributed by atoms with van der Waals surface area (Å²) < 4.78 is 1.09. The second-order valence-corrected chi connectivity index (χ2v) is 7.42. The molecule has 0 aliphatic carbocycles. The van der Waals surface area contributed by atoms with E-state index >= 15 is 0 Å². The molecule has 0 radical (unpaired) electrons. The number of hydrogen-bond donors (Lipinski definition) is 1. The highest BCUT2D eigenvalue weighted by Crippen LogP contribution is 2.21. The second kappa shape index (κ2) is 6.35. The van der Waals surface area contributed by atoms with E-state index in [0.717, 1.165) is 22.6 Å². The van der Waals surface area contributed by atoms with E-state index in [0.29, 0.717) is 6.04 Å². The van der Waals surface area contributed by atoms with Crippen LogP contribution in [0.2, 0.25) is 0 Å². The molecule has 2 heterocycles. The lowest BCUT2D eigenvalue weighted by Crippen LogP contribution is -2.50. The highest BCUT2D eigenvalue weighted by atomic mass is 127. The predicted octanol–water partition coefficient (Wildman–Crippen LogP) is 2.83. The smallest absolute Gasteiger partial charge is 0.225 e. The Kier molecular flexibility index (Phi) is 5.00. The van der Waals surface area contributed by atoms with E-state index in [1.165, 1.54) is 19.3 Å². The normalized spacial score (nSPS) is 20.6. The Morgan fingerprint density at radius 3 is 2.63 bits per heavy atom. The molecule has 1 aliphatic rings. The summed E-state index contributed by atoms with van der Waals surface area (Å²) in [6.45, 7) is 8.70. The molecule has 5 heteroatoms. The summed E-state index contributed by atoms with van der Waals surface area (Å²) in [6.07, 6.45) is 7.55. The lowest BCUT2D eigenvalue weighted by molar-refractivity contribution is 0.364. The Labute approximate surface area is 129 Å². The molecule has 0 amide bonds. The minimum Gasteiger partial charge on any atom is -0.337 e. The van der Waals surface area contributed by atoms with Crippen LogP contribution in [0.25, 0.3) is 0 Å². The summed E-state index contributed by atoms with van der Waals surface area (Å²) in [5.74, 6) is 0.876. The van der Waals surface area contributed by atoms with Crippen LogP contribution in [-0.4, -0.2) is 34.6 Å². The van der Waals surface area contributed by atoms with Crippen molar-refractivity contribution >= 4 is 28.5 Å². The molecule has 1 unspecified atom stereocenters. The Bertz CT molecular complexity index is 399. The number of rotatable bonds is 3. The van der Waals surface area contributed by atoms with E-state index in [-0.39, 0.29) is 5.54 Å². The first kappa shape index (κ1) is 15.0. The molecule has 1 fully saturated rings. The van der Waals surface area contributed by atoms with Gasteiger partial charge in [0.25, 0.3) is 0 Å². The van der Waals surface area contributed by atoms with E-state index in [2.05, 4.69) is 63.5 Å². The first-order valence-electron chi connectivity index (χ1n) is 6.95. The molecule has 0 saturated carbocycles. The molecule has 106 valence electrons. The van der Waals surface area contributed by atoms with Crippen LogP contribution >= 0.6 is 22.6 Å². The van der Waals surface area contributed by atoms with Crippen molar-refractivity contribution in [2.24, 2.45) is 0 Å². The van der Waals surface area contributed by atoms with Gasteiger partial charge in [-0.1, -0.05) is 0 Å². The molecule has 19 heavy (non-hydrogen) atoms. The molecule has 1 N–H and O–H groups in total. The van der Waals surface area contributed by atoms with Crippen molar-refractivity contribution in [2.45, 2.75) is 51.6 Å². The average molecular weight is 374 g/mol. The van der Waals surface area contributed by atoms with Crippen LogP contribution in [0.3, 0.4) is 0 Å². The van der Waals surface area contributed by atoms with Crippen LogP contribution in [0.4, 0.5) is 5.95 Å². The van der Waals surface area contributed by atoms with Gasteiger partial charge in [0.1, 0.15) is 0 Å². The summed E-state index contributed by atoms with van der Waals surface area (Å²) in [5.41, 5.74) is 0.163. The van der Waals surface area contributed by atoms with Crippen molar-refractivity contribution in [1.82, 2.24) is 15.3 Å². The molecule has 1 aromatic rings. The lowest BCUT2D eigenvalue weighted by Gasteiger charge is -2.37. The third-order valence-corrected chi connectivity index (χ3v) is 3.92. The fraction of sp³-hybridized carbons (Fsp3) is 0.714. The van der Waals surface area contributed by atoms with Crippen molar-refractivity contribution in [3.8, 4) is 0 Å². The van der Waals surface area contributed by atoms with Crippen LogP contribution < -0.4 is 10.2 Å². The van der Waals surface area contributed by atoms with Gasteiger partial charge in [0.2, 0.25) is 5.95 Å². The Morgan fingerprint density at radius 2 is 2.00 bits per heavy atom. The fourth-order valence-corrected chi connectivity index (χ4v) is 2.63. The van der Waals surface area contributed by atoms with Gasteiger partial charge in [-0.3, -0.25) is 0 Å². The molecule has 0 bridgehead atoms. The fourth-order valence-electron chi connectivity index (χ4n) is 2.35. The zero-order valence-electron chi connectivity index (χ0n) is 12.0. The molecule has 1 aromatic heterocycles. The summed E-state index contributed by atoms with van der Waals surface area (Å²) in [5, 5.41) is 3.60. The highest BCUT2D eigenvalue weighted by molar-refractivity contribution is 14.1. The van der Waals surface area contributed by atoms with Crippen molar-refractivity contribution in [3.05, 3.63) is 16.0 Å². The summed E-state index contributed by atoms with van der Waals surface area (Å²) in [4.78, 5) is 11.3. The van der Waals surface area contributed by atoms with Gasteiger partial charge in [-0.05, 0) is 62.6 Å². The van der Waals surface area contributed by atoms with Gasteiger partial charge in [-0.15, -0.1) is 0 Å². The molecule has 0 spiro atoms. The zero-order chi connectivity index (χ0) is 13.9. The van der Waals surface area contributed by atoms with Gasteiger partial charge in [-0.25, -0.2) is 9.97 Å². The first-order valence-corrected chi connectivity index (χ1v) is 8.03. The van der Waals surface area contributed by atoms with E-state index in [4.69, 9.17) is 0 Å². The number of halogens is 1. The maximum Gasteiger partial charge on any atom is 0.225 e. The maximum absolute atomic E-state index is 4.48. The number of nitrogens with zero attached hydrogens (tertiary/aromatic N) is 3. The molecule has 0 aromatic carbocycles. The third-order valence-electron chi connectivity index (χ3n) is 3.36. The van der Waals surface area contributed by atoms with E-state index in [1.807, 2.05) is 12.4 Å². The van der Waals surface area contributed by atoms with E-state index < -0.39 is 0 Å². The van der Waals surface area contributed by atoms with Crippen LogP contribution in [0.1, 0.15) is 40.0 Å². The summed E-state index contributed by atoms with van der Waals surface area (Å²) >= 11 is 2.24. The van der Waals surface area contributed by atoms with E-state index in [9.17, 15) is 0 Å². The molecular formula is C14H23IN4. The van der Waals surface area contributed by atoms with Crippen LogP contribution in [0.15, 0.2) is 12.4 Å². The topological polar surface area (TPSA) is 41.0 Å². The average Bonchev–Trinajstić information content (AvgIpc) is 2.37. The van der Waals surface area contributed by atoms with E-state index in [1.54, 1.807) is 0 Å². The van der Waals surface area contributed by atoms with Crippen LogP contribution in [0.5, 0.6) is 0 Å². The SMILES string of the molecule is CC(C)(C)NCC1CCCCN1c1ncc(I)cn1. The quantitative estimate of drug-likeness (QED) is 0.827. The van der Waals surface area contributed by atoms with Gasteiger partial charge in [0, 0.05) is 40.6 Å². The molecule has 1 aliphatic heterocycles. The molecule has 4 nitrogen and oxygen atoms in total. The van der Waals surface area contributed by atoms with Crippen LogP contribution in [-0.2, 0) is 0 Å². The van der Waals surface area contributed by atoms with Gasteiger partial charge in [0.05, 0.1) is 0 Å². The highest BCUT2D eigenvalue weighted by Gasteiger charge is 2.25. The third kappa shape index (κ3) is 4.56. The summed E-state index contributed by atoms with van der Waals surface area (Å²) in [7, 11) is 0. The van der Waals surface area contributed by atoms with Crippen LogP contribution in [0, 0.1) is 3.57 Å². The minimum atomic E-state index is 0.163. The van der Waals surface area contributed by atoms with Gasteiger partial charge in [0.15, 0.2) is 0 Å². The van der Waals surface area contributed by atoms with Gasteiger partial charge >= 0.3 is 0 Å². The predicted molar refractivity (Wildman–Crippen MR) is 87.5 cm³/mol. The Balaban J connectivity index is 2.05. The molecular weight excluding hydrogens is 351 g/mol. The van der Waals surface area contributed by atoms with Crippen molar-refractivity contribution in [3.63, 3.8) is 0 Å². The first-order chi connectivity index (χ1) is 8.96. The number of piperidine rings is 1. The van der Waals surface area contributed by atoms with Gasteiger partial charge < -0.3 is 10.2 Å². The number of anilines is 1. The lowest BCUT2D eigenvalue weighted by atomic mass is 10.0. The zero-order valence-corrected chi connectivity index (χ0v) is 14.1.